The van der Waals surface area contributed by atoms with Gasteiger partial charge in [-0.1, -0.05) is 18.2 Å². The van der Waals surface area contributed by atoms with Crippen LogP contribution in [0.5, 0.6) is 5.75 Å². The van der Waals surface area contributed by atoms with Crippen LogP contribution in [0.4, 0.5) is 14.5 Å². The molecule has 2 amide bonds. The number of nitrogens with one attached hydrogen (secondary N) is 1. The van der Waals surface area contributed by atoms with Gasteiger partial charge in [-0.2, -0.15) is 0 Å². The number of primary amides is 1. The molecule has 136 valence electrons. The van der Waals surface area contributed by atoms with Gasteiger partial charge in [-0.25, -0.2) is 13.6 Å². The Kier molecular flexibility index (Phi) is 6.20. The zero-order valence-corrected chi connectivity index (χ0v) is 13.3. The smallest absolute Gasteiger partial charge is 0.344 e. The van der Waals surface area contributed by atoms with Crippen LogP contribution in [0.1, 0.15) is 10.4 Å². The van der Waals surface area contributed by atoms with Gasteiger partial charge in [0.15, 0.2) is 13.2 Å². The standard InChI is InChI=1S/C17H14F2N2O5/c18-11-5-3-6-12(19)16(11)21-14(22)8-26-15(23)9-25-13-7-2-1-4-10(13)17(20)24/h1-7H,8-9H2,(H2,20,24)(H,21,22). The van der Waals surface area contributed by atoms with Crippen molar-refractivity contribution in [3.63, 3.8) is 0 Å². The zero-order valence-electron chi connectivity index (χ0n) is 13.3. The lowest BCUT2D eigenvalue weighted by atomic mass is 10.2. The minimum atomic E-state index is -0.962. The molecule has 0 heterocycles. The highest BCUT2D eigenvalue weighted by Crippen LogP contribution is 2.18. The molecule has 0 aliphatic heterocycles. The summed E-state index contributed by atoms with van der Waals surface area (Å²) in [6.07, 6.45) is 0. The third-order valence-electron chi connectivity index (χ3n) is 3.09. The van der Waals surface area contributed by atoms with Gasteiger partial charge in [0.05, 0.1) is 5.56 Å². The average Bonchev–Trinajstić information content (AvgIpc) is 2.61. The number of carbonyl (C=O) groups is 3. The van der Waals surface area contributed by atoms with Crippen molar-refractivity contribution >= 4 is 23.5 Å². The molecule has 0 aromatic heterocycles. The van der Waals surface area contributed by atoms with Crippen LogP contribution < -0.4 is 15.8 Å². The second-order valence-corrected chi connectivity index (χ2v) is 4.95. The van der Waals surface area contributed by atoms with Crippen molar-refractivity contribution in [1.82, 2.24) is 0 Å². The second kappa shape index (κ2) is 8.56. The molecule has 7 nitrogen and oxygen atoms in total. The van der Waals surface area contributed by atoms with Crippen molar-refractivity contribution in [3.05, 3.63) is 59.7 Å². The third kappa shape index (κ3) is 5.00. The fourth-order valence-electron chi connectivity index (χ4n) is 1.91. The number of halogens is 2. The fourth-order valence-corrected chi connectivity index (χ4v) is 1.91. The maximum atomic E-state index is 13.4. The van der Waals surface area contributed by atoms with Crippen LogP contribution in [0.25, 0.3) is 0 Å². The SMILES string of the molecule is NC(=O)c1ccccc1OCC(=O)OCC(=O)Nc1c(F)cccc1F. The van der Waals surface area contributed by atoms with Crippen LogP contribution >= 0.6 is 0 Å². The van der Waals surface area contributed by atoms with Gasteiger partial charge in [0.25, 0.3) is 11.8 Å². The first kappa shape index (κ1) is 18.8. The molecule has 0 unspecified atom stereocenters. The van der Waals surface area contributed by atoms with Crippen LogP contribution in [0.3, 0.4) is 0 Å². The molecule has 0 aliphatic carbocycles. The van der Waals surface area contributed by atoms with Crippen LogP contribution in [-0.2, 0) is 14.3 Å². The molecule has 9 heteroatoms. The van der Waals surface area contributed by atoms with Crippen molar-refractivity contribution in [2.24, 2.45) is 5.73 Å². The molecule has 0 saturated carbocycles. The Labute approximate surface area is 146 Å². The Morgan fingerprint density at radius 3 is 2.27 bits per heavy atom. The maximum Gasteiger partial charge on any atom is 0.344 e. The molecule has 0 radical (unpaired) electrons. The van der Waals surface area contributed by atoms with Gasteiger partial charge in [0.2, 0.25) is 0 Å². The number of hydrogen-bond donors (Lipinski definition) is 2. The van der Waals surface area contributed by atoms with E-state index in [0.717, 1.165) is 18.2 Å². The molecule has 0 fully saturated rings. The molecule has 0 spiro atoms. The molecule has 2 aromatic carbocycles. The molecular formula is C17H14F2N2O5. The summed E-state index contributed by atoms with van der Waals surface area (Å²) in [7, 11) is 0. The molecule has 0 bridgehead atoms. The number of benzene rings is 2. The Balaban J connectivity index is 1.84. The van der Waals surface area contributed by atoms with Crippen molar-refractivity contribution in [1.29, 1.82) is 0 Å². The fraction of sp³-hybridized carbons (Fsp3) is 0.118. The van der Waals surface area contributed by atoms with E-state index in [1.807, 2.05) is 5.32 Å². The lowest BCUT2D eigenvalue weighted by Crippen LogP contribution is -2.24. The Morgan fingerprint density at radius 2 is 1.62 bits per heavy atom. The van der Waals surface area contributed by atoms with Crippen LogP contribution in [0.15, 0.2) is 42.5 Å². The van der Waals surface area contributed by atoms with Gasteiger partial charge in [-0.15, -0.1) is 0 Å². The van der Waals surface area contributed by atoms with E-state index in [4.69, 9.17) is 10.5 Å². The summed E-state index contributed by atoms with van der Waals surface area (Å²) in [6.45, 7) is -1.36. The number of ether oxygens (including phenoxy) is 2. The van der Waals surface area contributed by atoms with Crippen LogP contribution in [0.2, 0.25) is 0 Å². The maximum absolute atomic E-state index is 13.4. The van der Waals surface area contributed by atoms with Gasteiger partial charge in [0.1, 0.15) is 23.1 Å². The van der Waals surface area contributed by atoms with E-state index in [1.165, 1.54) is 12.1 Å². The molecule has 2 rings (SSSR count). The topological polar surface area (TPSA) is 108 Å². The summed E-state index contributed by atoms with van der Waals surface area (Å²) in [4.78, 5) is 34.4. The largest absolute Gasteiger partial charge is 0.481 e. The highest BCUT2D eigenvalue weighted by Gasteiger charge is 2.15. The Bertz CT molecular complexity index is 821. The van der Waals surface area contributed by atoms with Gasteiger partial charge in [-0.3, -0.25) is 9.59 Å². The number of rotatable bonds is 7. The first-order valence-electron chi connectivity index (χ1n) is 7.29. The van der Waals surface area contributed by atoms with Crippen LogP contribution in [0, 0.1) is 11.6 Å². The number of para-hydroxylation sites is 2. The normalized spacial score (nSPS) is 10.1. The molecule has 26 heavy (non-hydrogen) atoms. The van der Waals surface area contributed by atoms with Crippen molar-refractivity contribution in [3.8, 4) is 5.75 Å². The number of anilines is 1. The van der Waals surface area contributed by atoms with E-state index in [9.17, 15) is 23.2 Å². The number of carbonyl (C=O) groups excluding carboxylic acids is 3. The minimum Gasteiger partial charge on any atom is -0.481 e. The van der Waals surface area contributed by atoms with Crippen molar-refractivity contribution < 1.29 is 32.6 Å². The number of esters is 1. The van der Waals surface area contributed by atoms with E-state index in [1.54, 1.807) is 12.1 Å². The monoisotopic (exact) mass is 364 g/mol. The van der Waals surface area contributed by atoms with Gasteiger partial charge in [0, 0.05) is 0 Å². The zero-order chi connectivity index (χ0) is 19.1. The van der Waals surface area contributed by atoms with Gasteiger partial charge >= 0.3 is 5.97 Å². The predicted molar refractivity (Wildman–Crippen MR) is 86.4 cm³/mol. The molecule has 3 N–H and O–H groups in total. The summed E-state index contributed by atoms with van der Waals surface area (Å²) in [6, 6.07) is 9.06. The molecule has 0 saturated heterocycles. The van der Waals surface area contributed by atoms with E-state index < -0.39 is 48.3 Å². The van der Waals surface area contributed by atoms with Crippen molar-refractivity contribution in [2.45, 2.75) is 0 Å². The average molecular weight is 364 g/mol. The van der Waals surface area contributed by atoms with E-state index in [2.05, 4.69) is 4.74 Å². The molecular weight excluding hydrogens is 350 g/mol. The predicted octanol–water partition coefficient (Wildman–Crippen LogP) is 1.62. The minimum absolute atomic E-state index is 0.0769. The summed E-state index contributed by atoms with van der Waals surface area (Å²) in [5.41, 5.74) is 4.61. The highest BCUT2D eigenvalue weighted by molar-refractivity contribution is 5.95. The number of nitrogens with two attached hydrogens (primary N) is 1. The van der Waals surface area contributed by atoms with Crippen LogP contribution in [-0.4, -0.2) is 31.0 Å². The molecule has 2 aromatic rings. The van der Waals surface area contributed by atoms with E-state index in [0.29, 0.717) is 0 Å². The summed E-state index contributed by atoms with van der Waals surface area (Å²) in [5, 5.41) is 1.96. The lowest BCUT2D eigenvalue weighted by Gasteiger charge is -2.10. The first-order chi connectivity index (χ1) is 12.4. The Morgan fingerprint density at radius 1 is 0.962 bits per heavy atom. The lowest BCUT2D eigenvalue weighted by molar-refractivity contribution is -0.149. The van der Waals surface area contributed by atoms with E-state index >= 15 is 0 Å². The number of amides is 2. The van der Waals surface area contributed by atoms with E-state index in [-0.39, 0.29) is 11.3 Å². The molecule has 0 atom stereocenters. The summed E-state index contributed by atoms with van der Waals surface area (Å²) < 4.78 is 36.6. The number of hydrogen-bond acceptors (Lipinski definition) is 5. The van der Waals surface area contributed by atoms with Crippen molar-refractivity contribution in [2.75, 3.05) is 18.5 Å². The van der Waals surface area contributed by atoms with Gasteiger partial charge < -0.3 is 20.5 Å². The summed E-state index contributed by atoms with van der Waals surface area (Å²) >= 11 is 0. The first-order valence-corrected chi connectivity index (χ1v) is 7.29. The Hall–Kier alpha value is -3.49. The quantitative estimate of drug-likeness (QED) is 0.726. The third-order valence-corrected chi connectivity index (χ3v) is 3.09. The summed E-state index contributed by atoms with van der Waals surface area (Å²) in [5.74, 6) is -4.43. The van der Waals surface area contributed by atoms with Gasteiger partial charge in [-0.05, 0) is 24.3 Å². The highest BCUT2D eigenvalue weighted by atomic mass is 19.1. The molecule has 0 aliphatic rings. The second-order valence-electron chi connectivity index (χ2n) is 4.95.